The largest absolute Gasteiger partial charge is 0.339 e. The molecule has 0 aromatic heterocycles. The Kier molecular flexibility index (Phi) is 3.77. The van der Waals surface area contributed by atoms with Crippen molar-refractivity contribution >= 4 is 5.91 Å². The van der Waals surface area contributed by atoms with Crippen molar-refractivity contribution in [2.24, 2.45) is 5.92 Å². The topological polar surface area (TPSA) is 20.3 Å². The SMILES string of the molecule is CCC1CCCCN1C(=O)C1CC1c1ccccc1F. The lowest BCUT2D eigenvalue weighted by Gasteiger charge is -2.35. The van der Waals surface area contributed by atoms with Crippen LogP contribution >= 0.6 is 0 Å². The molecule has 0 N–H and O–H groups in total. The zero-order valence-electron chi connectivity index (χ0n) is 12.0. The molecule has 3 heteroatoms. The van der Waals surface area contributed by atoms with Crippen LogP contribution in [0.1, 0.15) is 50.5 Å². The summed E-state index contributed by atoms with van der Waals surface area (Å²) in [6.07, 6.45) is 5.30. The van der Waals surface area contributed by atoms with Crippen LogP contribution in [0.25, 0.3) is 0 Å². The van der Waals surface area contributed by atoms with E-state index in [0.717, 1.165) is 37.8 Å². The summed E-state index contributed by atoms with van der Waals surface area (Å²) < 4.78 is 13.8. The molecule has 1 amide bonds. The van der Waals surface area contributed by atoms with Crippen molar-refractivity contribution < 1.29 is 9.18 Å². The van der Waals surface area contributed by atoms with Gasteiger partial charge in [-0.1, -0.05) is 25.1 Å². The molecule has 1 saturated carbocycles. The summed E-state index contributed by atoms with van der Waals surface area (Å²) in [6, 6.07) is 7.27. The van der Waals surface area contributed by atoms with E-state index in [2.05, 4.69) is 11.8 Å². The van der Waals surface area contributed by atoms with Gasteiger partial charge in [0.2, 0.25) is 5.91 Å². The fourth-order valence-corrected chi connectivity index (χ4v) is 3.52. The Morgan fingerprint density at radius 2 is 2.15 bits per heavy atom. The van der Waals surface area contributed by atoms with Crippen LogP contribution in [0.4, 0.5) is 4.39 Å². The monoisotopic (exact) mass is 275 g/mol. The summed E-state index contributed by atoms with van der Waals surface area (Å²) in [5.41, 5.74) is 0.718. The summed E-state index contributed by atoms with van der Waals surface area (Å²) >= 11 is 0. The van der Waals surface area contributed by atoms with E-state index < -0.39 is 0 Å². The number of hydrogen-bond acceptors (Lipinski definition) is 1. The van der Waals surface area contributed by atoms with Crippen molar-refractivity contribution in [2.45, 2.75) is 51.0 Å². The lowest BCUT2D eigenvalue weighted by atomic mass is 9.99. The van der Waals surface area contributed by atoms with Gasteiger partial charge in [0, 0.05) is 18.5 Å². The molecule has 2 fully saturated rings. The number of likely N-dealkylation sites (tertiary alicyclic amines) is 1. The van der Waals surface area contributed by atoms with E-state index >= 15 is 0 Å². The normalized spacial score (nSPS) is 29.3. The lowest BCUT2D eigenvalue weighted by Crippen LogP contribution is -2.44. The Bertz CT molecular complexity index is 502. The highest BCUT2D eigenvalue weighted by molar-refractivity contribution is 5.83. The van der Waals surface area contributed by atoms with Gasteiger partial charge in [-0.05, 0) is 49.7 Å². The van der Waals surface area contributed by atoms with Gasteiger partial charge in [0.1, 0.15) is 5.82 Å². The maximum atomic E-state index is 13.8. The number of carbonyl (C=O) groups excluding carboxylic acids is 1. The molecule has 1 aromatic rings. The van der Waals surface area contributed by atoms with Gasteiger partial charge in [-0.25, -0.2) is 4.39 Å². The van der Waals surface area contributed by atoms with Gasteiger partial charge in [0.25, 0.3) is 0 Å². The van der Waals surface area contributed by atoms with E-state index in [0.29, 0.717) is 6.04 Å². The number of hydrogen-bond donors (Lipinski definition) is 0. The Hall–Kier alpha value is -1.38. The van der Waals surface area contributed by atoms with Crippen molar-refractivity contribution in [3.63, 3.8) is 0 Å². The molecule has 108 valence electrons. The smallest absolute Gasteiger partial charge is 0.226 e. The maximum absolute atomic E-state index is 13.8. The van der Waals surface area contributed by atoms with Crippen molar-refractivity contribution in [3.05, 3.63) is 35.6 Å². The third-order valence-corrected chi connectivity index (χ3v) is 4.79. The summed E-state index contributed by atoms with van der Waals surface area (Å²) in [5.74, 6) is 0.200. The highest BCUT2D eigenvalue weighted by Gasteiger charge is 2.47. The van der Waals surface area contributed by atoms with E-state index in [1.54, 1.807) is 6.07 Å². The van der Waals surface area contributed by atoms with Gasteiger partial charge in [0.15, 0.2) is 0 Å². The molecule has 1 saturated heterocycles. The minimum Gasteiger partial charge on any atom is -0.339 e. The number of halogens is 1. The molecular weight excluding hydrogens is 253 g/mol. The minimum absolute atomic E-state index is 0.0130. The Labute approximate surface area is 120 Å². The molecular formula is C17H22FNO. The summed E-state index contributed by atoms with van der Waals surface area (Å²) in [4.78, 5) is 14.7. The first-order valence-corrected chi connectivity index (χ1v) is 7.77. The second-order valence-corrected chi connectivity index (χ2v) is 6.06. The van der Waals surface area contributed by atoms with Gasteiger partial charge in [-0.2, -0.15) is 0 Å². The third kappa shape index (κ3) is 2.46. The van der Waals surface area contributed by atoms with Gasteiger partial charge >= 0.3 is 0 Å². The van der Waals surface area contributed by atoms with E-state index in [4.69, 9.17) is 0 Å². The molecule has 3 unspecified atom stereocenters. The first kappa shape index (κ1) is 13.6. The standard InChI is InChI=1S/C17H22FNO/c1-2-12-7-5-6-10-19(12)17(20)15-11-14(15)13-8-3-4-9-16(13)18/h3-4,8-9,12,14-15H,2,5-7,10-11H2,1H3. The van der Waals surface area contributed by atoms with Gasteiger partial charge in [-0.15, -0.1) is 0 Å². The zero-order valence-corrected chi connectivity index (χ0v) is 12.0. The molecule has 1 aromatic carbocycles. The fourth-order valence-electron chi connectivity index (χ4n) is 3.52. The Balaban J connectivity index is 1.69. The van der Waals surface area contributed by atoms with Crippen LogP contribution in [0.5, 0.6) is 0 Å². The Morgan fingerprint density at radius 1 is 1.35 bits per heavy atom. The maximum Gasteiger partial charge on any atom is 0.226 e. The van der Waals surface area contributed by atoms with Gasteiger partial charge in [-0.3, -0.25) is 4.79 Å². The molecule has 0 spiro atoms. The molecule has 3 rings (SSSR count). The first-order chi connectivity index (χ1) is 9.72. The number of rotatable bonds is 3. The number of nitrogens with zero attached hydrogens (tertiary/aromatic N) is 1. The second kappa shape index (κ2) is 5.55. The van der Waals surface area contributed by atoms with Crippen LogP contribution < -0.4 is 0 Å². The first-order valence-electron chi connectivity index (χ1n) is 7.77. The lowest BCUT2D eigenvalue weighted by molar-refractivity contribution is -0.136. The number of carbonyl (C=O) groups is 1. The molecule has 0 radical (unpaired) electrons. The van der Waals surface area contributed by atoms with Crippen LogP contribution in [0.2, 0.25) is 0 Å². The van der Waals surface area contributed by atoms with Crippen LogP contribution in [-0.2, 0) is 4.79 Å². The second-order valence-electron chi connectivity index (χ2n) is 6.06. The average Bonchev–Trinajstić information content (AvgIpc) is 3.27. The molecule has 1 aliphatic heterocycles. The predicted octanol–water partition coefficient (Wildman–Crippen LogP) is 3.72. The predicted molar refractivity (Wildman–Crippen MR) is 76.9 cm³/mol. The molecule has 20 heavy (non-hydrogen) atoms. The van der Waals surface area contributed by atoms with E-state index in [9.17, 15) is 9.18 Å². The van der Waals surface area contributed by atoms with Crippen LogP contribution in [0, 0.1) is 11.7 Å². The van der Waals surface area contributed by atoms with Gasteiger partial charge < -0.3 is 4.90 Å². The number of benzene rings is 1. The highest BCUT2D eigenvalue weighted by atomic mass is 19.1. The van der Waals surface area contributed by atoms with Crippen molar-refractivity contribution in [2.75, 3.05) is 6.54 Å². The fraction of sp³-hybridized carbons (Fsp3) is 0.588. The van der Waals surface area contributed by atoms with E-state index in [-0.39, 0.29) is 23.6 Å². The quantitative estimate of drug-likeness (QED) is 0.823. The van der Waals surface area contributed by atoms with Crippen LogP contribution in [0.3, 0.4) is 0 Å². The zero-order chi connectivity index (χ0) is 14.1. The van der Waals surface area contributed by atoms with Gasteiger partial charge in [0.05, 0.1) is 0 Å². The molecule has 3 atom stereocenters. The van der Waals surface area contributed by atoms with E-state index in [1.807, 2.05) is 12.1 Å². The molecule has 2 aliphatic rings. The summed E-state index contributed by atoms with van der Waals surface area (Å²) in [7, 11) is 0. The highest BCUT2D eigenvalue weighted by Crippen LogP contribution is 2.49. The Morgan fingerprint density at radius 3 is 2.90 bits per heavy atom. The molecule has 1 aliphatic carbocycles. The van der Waals surface area contributed by atoms with E-state index in [1.165, 1.54) is 12.5 Å². The number of amides is 1. The van der Waals surface area contributed by atoms with Crippen molar-refractivity contribution in [1.29, 1.82) is 0 Å². The summed E-state index contributed by atoms with van der Waals surface area (Å²) in [6.45, 7) is 3.04. The molecule has 1 heterocycles. The molecule has 2 nitrogen and oxygen atoms in total. The number of piperidine rings is 1. The summed E-state index contributed by atoms with van der Waals surface area (Å²) in [5, 5.41) is 0. The van der Waals surface area contributed by atoms with Crippen LogP contribution in [0.15, 0.2) is 24.3 Å². The van der Waals surface area contributed by atoms with Crippen LogP contribution in [-0.4, -0.2) is 23.4 Å². The van der Waals surface area contributed by atoms with Crippen molar-refractivity contribution in [3.8, 4) is 0 Å². The minimum atomic E-state index is -0.168. The molecule has 0 bridgehead atoms. The van der Waals surface area contributed by atoms with Crippen molar-refractivity contribution in [1.82, 2.24) is 4.90 Å². The third-order valence-electron chi connectivity index (χ3n) is 4.79. The average molecular weight is 275 g/mol.